The number of carbonyl (C=O) groups excluding carboxylic acids is 1. The van der Waals surface area contributed by atoms with E-state index in [4.69, 9.17) is 17.0 Å². The molecule has 0 unspecified atom stereocenters. The maximum absolute atomic E-state index is 12.1. The monoisotopic (exact) mass is 570 g/mol. The lowest BCUT2D eigenvalue weighted by Crippen LogP contribution is -2.37. The minimum atomic E-state index is -0.340. The molecule has 8 heteroatoms. The van der Waals surface area contributed by atoms with E-state index < -0.39 is 0 Å². The summed E-state index contributed by atoms with van der Waals surface area (Å²) < 4.78 is 8.41. The van der Waals surface area contributed by atoms with Gasteiger partial charge in [0, 0.05) is 14.6 Å². The molecule has 27 heavy (non-hydrogen) atoms. The molecule has 0 aliphatic carbocycles. The number of nitrogens with one attached hydrogen (secondary N) is 2. The first-order chi connectivity index (χ1) is 12.9. The highest BCUT2D eigenvalue weighted by molar-refractivity contribution is 9.11. The highest BCUT2D eigenvalue weighted by Gasteiger charge is 2.10. The molecule has 0 radical (unpaired) electrons. The number of amides is 1. The van der Waals surface area contributed by atoms with E-state index >= 15 is 0 Å². The fourth-order valence-corrected chi connectivity index (χ4v) is 3.84. The second-order valence-corrected chi connectivity index (χ2v) is 8.57. The number of ether oxygens (including phenoxy) is 1. The standard InChI is InChI=1S/C19H13Br3N2O2S/c20-12-2-5-14(6-3-12)23-19(27)24-17(25)10-26-16-8-1-11-9-13(21)4-7-15(11)18(16)22/h1-9H,10H2,(H2,23,24,25,27). The van der Waals surface area contributed by atoms with Crippen molar-refractivity contribution in [3.8, 4) is 5.75 Å². The topological polar surface area (TPSA) is 50.4 Å². The molecular formula is C19H13Br3N2O2S. The third-order valence-corrected chi connectivity index (χ3v) is 5.64. The summed E-state index contributed by atoms with van der Waals surface area (Å²) in [6, 6.07) is 17.2. The largest absolute Gasteiger partial charge is 0.483 e. The predicted molar refractivity (Wildman–Crippen MR) is 123 cm³/mol. The molecule has 0 saturated heterocycles. The van der Waals surface area contributed by atoms with E-state index in [2.05, 4.69) is 58.4 Å². The van der Waals surface area contributed by atoms with Crippen LogP contribution in [0.25, 0.3) is 10.8 Å². The van der Waals surface area contributed by atoms with Crippen molar-refractivity contribution in [2.45, 2.75) is 0 Å². The first kappa shape index (κ1) is 20.3. The van der Waals surface area contributed by atoms with E-state index in [1.165, 1.54) is 0 Å². The van der Waals surface area contributed by atoms with Gasteiger partial charge >= 0.3 is 0 Å². The van der Waals surface area contributed by atoms with Gasteiger partial charge in [-0.25, -0.2) is 0 Å². The molecule has 0 aliphatic heterocycles. The average Bonchev–Trinajstić information content (AvgIpc) is 2.63. The summed E-state index contributed by atoms with van der Waals surface area (Å²) in [6.07, 6.45) is 0. The van der Waals surface area contributed by atoms with Crippen LogP contribution in [0.4, 0.5) is 5.69 Å². The fraction of sp³-hybridized carbons (Fsp3) is 0.0526. The number of carbonyl (C=O) groups is 1. The van der Waals surface area contributed by atoms with Crippen molar-refractivity contribution in [1.29, 1.82) is 0 Å². The van der Waals surface area contributed by atoms with E-state index in [1.807, 2.05) is 54.6 Å². The number of fused-ring (bicyclic) bond motifs is 1. The maximum Gasteiger partial charge on any atom is 0.264 e. The summed E-state index contributed by atoms with van der Waals surface area (Å²) in [5.74, 6) is 0.249. The fourth-order valence-electron chi connectivity index (χ4n) is 2.36. The molecule has 0 aliphatic rings. The number of rotatable bonds is 4. The molecule has 4 nitrogen and oxygen atoms in total. The molecule has 3 rings (SSSR count). The summed E-state index contributed by atoms with van der Waals surface area (Å²) in [5.41, 5.74) is 0.785. The van der Waals surface area contributed by atoms with E-state index in [0.29, 0.717) is 5.75 Å². The highest BCUT2D eigenvalue weighted by Crippen LogP contribution is 2.34. The zero-order valence-corrected chi connectivity index (χ0v) is 19.3. The lowest BCUT2D eigenvalue weighted by molar-refractivity contribution is -0.121. The smallest absolute Gasteiger partial charge is 0.264 e. The third-order valence-electron chi connectivity index (χ3n) is 3.59. The molecule has 0 spiro atoms. The van der Waals surface area contributed by atoms with Crippen molar-refractivity contribution in [1.82, 2.24) is 5.32 Å². The number of hydrogen-bond donors (Lipinski definition) is 2. The number of halogens is 3. The van der Waals surface area contributed by atoms with Crippen LogP contribution in [0.15, 0.2) is 68.0 Å². The Bertz CT molecular complexity index is 1010. The van der Waals surface area contributed by atoms with Gasteiger partial charge in [-0.05, 0) is 81.4 Å². The third kappa shape index (κ3) is 5.51. The minimum absolute atomic E-state index is 0.150. The second kappa shape index (κ2) is 9.14. The van der Waals surface area contributed by atoms with Crippen LogP contribution in [0, 0.1) is 0 Å². The highest BCUT2D eigenvalue weighted by atomic mass is 79.9. The van der Waals surface area contributed by atoms with Crippen LogP contribution in [0.2, 0.25) is 0 Å². The van der Waals surface area contributed by atoms with Gasteiger partial charge in [0.2, 0.25) is 0 Å². The summed E-state index contributed by atoms with van der Waals surface area (Å²) in [4.78, 5) is 12.1. The van der Waals surface area contributed by atoms with Crippen LogP contribution in [-0.4, -0.2) is 17.6 Å². The van der Waals surface area contributed by atoms with Crippen molar-refractivity contribution in [2.24, 2.45) is 0 Å². The van der Waals surface area contributed by atoms with E-state index in [9.17, 15) is 4.79 Å². The van der Waals surface area contributed by atoms with Crippen LogP contribution < -0.4 is 15.4 Å². The summed E-state index contributed by atoms with van der Waals surface area (Å²) >= 11 is 15.5. The van der Waals surface area contributed by atoms with Crippen LogP contribution in [-0.2, 0) is 4.79 Å². The molecule has 3 aromatic carbocycles. The predicted octanol–water partition coefficient (Wildman–Crippen LogP) is 6.02. The number of anilines is 1. The maximum atomic E-state index is 12.1. The Morgan fingerprint density at radius 3 is 2.41 bits per heavy atom. The van der Waals surface area contributed by atoms with Gasteiger partial charge < -0.3 is 10.1 Å². The van der Waals surface area contributed by atoms with Crippen molar-refractivity contribution in [2.75, 3.05) is 11.9 Å². The Kier molecular flexibility index (Phi) is 6.86. The molecule has 0 bridgehead atoms. The van der Waals surface area contributed by atoms with Gasteiger partial charge in [0.1, 0.15) is 5.75 Å². The van der Waals surface area contributed by atoms with Gasteiger partial charge in [-0.1, -0.05) is 44.0 Å². The Morgan fingerprint density at radius 1 is 0.963 bits per heavy atom. The molecule has 138 valence electrons. The first-order valence-electron chi connectivity index (χ1n) is 7.79. The normalized spacial score (nSPS) is 10.5. The molecule has 0 saturated carbocycles. The van der Waals surface area contributed by atoms with Crippen molar-refractivity contribution in [3.05, 3.63) is 68.0 Å². The number of hydrogen-bond acceptors (Lipinski definition) is 3. The molecule has 1 amide bonds. The number of benzene rings is 3. The quantitative estimate of drug-likeness (QED) is 0.376. The average molecular weight is 573 g/mol. The molecule has 2 N–H and O–H groups in total. The van der Waals surface area contributed by atoms with Crippen LogP contribution in [0.1, 0.15) is 0 Å². The van der Waals surface area contributed by atoms with Gasteiger partial charge in [0.05, 0.1) is 4.47 Å². The van der Waals surface area contributed by atoms with Gasteiger partial charge in [0.15, 0.2) is 11.7 Å². The van der Waals surface area contributed by atoms with Crippen molar-refractivity contribution in [3.63, 3.8) is 0 Å². The first-order valence-corrected chi connectivity index (χ1v) is 10.6. The Morgan fingerprint density at radius 2 is 1.67 bits per heavy atom. The SMILES string of the molecule is O=C(COc1ccc2cc(Br)ccc2c1Br)NC(=S)Nc1ccc(Br)cc1. The zero-order valence-electron chi connectivity index (χ0n) is 13.8. The van der Waals surface area contributed by atoms with E-state index in [1.54, 1.807) is 0 Å². The van der Waals surface area contributed by atoms with Gasteiger partial charge in [-0.15, -0.1) is 0 Å². The summed E-state index contributed by atoms with van der Waals surface area (Å²) in [5, 5.41) is 7.83. The second-order valence-electron chi connectivity index (χ2n) is 5.54. The molecular weight excluding hydrogens is 560 g/mol. The molecule has 0 aromatic heterocycles. The molecule has 0 atom stereocenters. The Balaban J connectivity index is 1.58. The summed E-state index contributed by atoms with van der Waals surface area (Å²) in [7, 11) is 0. The minimum Gasteiger partial charge on any atom is -0.483 e. The lowest BCUT2D eigenvalue weighted by Gasteiger charge is -2.12. The van der Waals surface area contributed by atoms with Crippen molar-refractivity contribution >= 4 is 87.5 Å². The molecule has 3 aromatic rings. The van der Waals surface area contributed by atoms with Gasteiger partial charge in [-0.3, -0.25) is 10.1 Å². The van der Waals surface area contributed by atoms with E-state index in [0.717, 1.165) is 29.9 Å². The number of thiocarbonyl (C=S) groups is 1. The lowest BCUT2D eigenvalue weighted by atomic mass is 10.1. The van der Waals surface area contributed by atoms with Gasteiger partial charge in [-0.2, -0.15) is 0 Å². The molecule has 0 heterocycles. The van der Waals surface area contributed by atoms with E-state index in [-0.39, 0.29) is 17.6 Å². The summed E-state index contributed by atoms with van der Waals surface area (Å²) in [6.45, 7) is -0.150. The Hall–Kier alpha value is -1.48. The van der Waals surface area contributed by atoms with Gasteiger partial charge in [0.25, 0.3) is 5.91 Å². The molecule has 0 fully saturated rings. The van der Waals surface area contributed by atoms with Crippen LogP contribution in [0.5, 0.6) is 5.75 Å². The zero-order chi connectivity index (χ0) is 19.4. The van der Waals surface area contributed by atoms with Crippen molar-refractivity contribution < 1.29 is 9.53 Å². The van der Waals surface area contributed by atoms with Crippen LogP contribution in [0.3, 0.4) is 0 Å². The van der Waals surface area contributed by atoms with Crippen LogP contribution >= 0.6 is 60.0 Å². The Labute approximate surface area is 187 Å².